The van der Waals surface area contributed by atoms with Crippen molar-refractivity contribution in [2.75, 3.05) is 6.54 Å². The first-order valence-corrected chi connectivity index (χ1v) is 6.50. The molecule has 0 saturated carbocycles. The number of aryl methyl sites for hydroxylation is 1. The topological polar surface area (TPSA) is 29.9 Å². The van der Waals surface area contributed by atoms with Crippen LogP contribution in [0.1, 0.15) is 37.1 Å². The number of rotatable bonds is 5. The van der Waals surface area contributed by atoms with Gasteiger partial charge in [-0.2, -0.15) is 5.10 Å². The molecule has 0 spiro atoms. The molecule has 0 aliphatic carbocycles. The second-order valence-corrected chi connectivity index (χ2v) is 4.65. The number of benzene rings is 1. The number of nitrogens with zero attached hydrogens (tertiary/aromatic N) is 2. The Labute approximate surface area is 109 Å². The molecule has 1 aromatic heterocycles. The Kier molecular flexibility index (Phi) is 4.15. The molecule has 0 amide bonds. The maximum atomic E-state index is 4.53. The number of likely N-dealkylation sites (N-methyl/N-ethyl adjacent to an activating group) is 1. The van der Waals surface area contributed by atoms with Gasteiger partial charge in [0.25, 0.3) is 0 Å². The van der Waals surface area contributed by atoms with Crippen molar-refractivity contribution in [1.82, 2.24) is 15.1 Å². The highest BCUT2D eigenvalue weighted by atomic mass is 15.3. The van der Waals surface area contributed by atoms with Crippen molar-refractivity contribution in [3.8, 4) is 0 Å². The molecule has 18 heavy (non-hydrogen) atoms. The summed E-state index contributed by atoms with van der Waals surface area (Å²) >= 11 is 0. The Bertz CT molecular complexity index is 475. The normalized spacial score (nSPS) is 14.4. The first-order chi connectivity index (χ1) is 8.72. The van der Waals surface area contributed by atoms with E-state index in [1.165, 1.54) is 5.56 Å². The summed E-state index contributed by atoms with van der Waals surface area (Å²) in [6.07, 6.45) is 2.00. The van der Waals surface area contributed by atoms with E-state index >= 15 is 0 Å². The summed E-state index contributed by atoms with van der Waals surface area (Å²) in [5.41, 5.74) is 2.45. The van der Waals surface area contributed by atoms with Crippen LogP contribution < -0.4 is 5.32 Å². The summed E-state index contributed by atoms with van der Waals surface area (Å²) < 4.78 is 1.86. The number of hydrogen-bond donors (Lipinski definition) is 1. The molecular weight excluding hydrogens is 222 g/mol. The molecule has 2 aromatic rings. The van der Waals surface area contributed by atoms with Crippen LogP contribution in [0.3, 0.4) is 0 Å². The largest absolute Gasteiger partial charge is 0.308 e. The molecule has 1 N–H and O–H groups in total. The standard InChI is InChI=1S/C15H21N3/c1-4-16-15(14-10-11-18(3)17-14)12(2)13-8-6-5-7-9-13/h5-12,15-16H,4H2,1-3H3. The van der Waals surface area contributed by atoms with Gasteiger partial charge in [0.15, 0.2) is 0 Å². The fraction of sp³-hybridized carbons (Fsp3) is 0.400. The van der Waals surface area contributed by atoms with E-state index in [-0.39, 0.29) is 6.04 Å². The van der Waals surface area contributed by atoms with Gasteiger partial charge in [-0.1, -0.05) is 44.2 Å². The van der Waals surface area contributed by atoms with Crippen LogP contribution in [0.5, 0.6) is 0 Å². The van der Waals surface area contributed by atoms with Gasteiger partial charge in [0, 0.05) is 19.2 Å². The molecule has 1 heterocycles. The third-order valence-electron chi connectivity index (χ3n) is 3.30. The summed E-state index contributed by atoms with van der Waals surface area (Å²) in [6, 6.07) is 12.9. The van der Waals surface area contributed by atoms with E-state index in [0.29, 0.717) is 5.92 Å². The lowest BCUT2D eigenvalue weighted by molar-refractivity contribution is 0.463. The number of nitrogens with one attached hydrogen (secondary N) is 1. The zero-order valence-corrected chi connectivity index (χ0v) is 11.3. The third kappa shape index (κ3) is 2.79. The monoisotopic (exact) mass is 243 g/mol. The van der Waals surface area contributed by atoms with Gasteiger partial charge in [-0.3, -0.25) is 4.68 Å². The van der Waals surface area contributed by atoms with Crippen molar-refractivity contribution in [3.05, 3.63) is 53.9 Å². The van der Waals surface area contributed by atoms with E-state index in [1.807, 2.05) is 17.9 Å². The molecule has 3 heteroatoms. The maximum Gasteiger partial charge on any atom is 0.0799 e. The zero-order chi connectivity index (χ0) is 13.0. The zero-order valence-electron chi connectivity index (χ0n) is 11.3. The lowest BCUT2D eigenvalue weighted by Crippen LogP contribution is -2.26. The van der Waals surface area contributed by atoms with Gasteiger partial charge in [-0.15, -0.1) is 0 Å². The van der Waals surface area contributed by atoms with Gasteiger partial charge < -0.3 is 5.32 Å². The Morgan fingerprint density at radius 2 is 1.94 bits per heavy atom. The van der Waals surface area contributed by atoms with E-state index in [1.54, 1.807) is 0 Å². The van der Waals surface area contributed by atoms with E-state index in [4.69, 9.17) is 0 Å². The molecule has 2 rings (SSSR count). The minimum atomic E-state index is 0.263. The van der Waals surface area contributed by atoms with Gasteiger partial charge in [0.1, 0.15) is 0 Å². The van der Waals surface area contributed by atoms with Crippen molar-refractivity contribution in [3.63, 3.8) is 0 Å². The second-order valence-electron chi connectivity index (χ2n) is 4.65. The predicted molar refractivity (Wildman–Crippen MR) is 74.5 cm³/mol. The lowest BCUT2D eigenvalue weighted by Gasteiger charge is -2.23. The average Bonchev–Trinajstić information content (AvgIpc) is 2.82. The van der Waals surface area contributed by atoms with Gasteiger partial charge in [0.2, 0.25) is 0 Å². The van der Waals surface area contributed by atoms with Gasteiger partial charge in [0.05, 0.1) is 11.7 Å². The summed E-state index contributed by atoms with van der Waals surface area (Å²) in [6.45, 7) is 5.32. The molecule has 2 atom stereocenters. The molecule has 0 aliphatic rings. The molecular formula is C15H21N3. The van der Waals surface area contributed by atoms with Gasteiger partial charge in [-0.05, 0) is 18.2 Å². The summed E-state index contributed by atoms with van der Waals surface area (Å²) in [5.74, 6) is 0.404. The molecule has 0 saturated heterocycles. The van der Waals surface area contributed by atoms with Crippen LogP contribution in [-0.2, 0) is 7.05 Å². The molecule has 1 aromatic carbocycles. The molecule has 0 aliphatic heterocycles. The highest BCUT2D eigenvalue weighted by Gasteiger charge is 2.21. The maximum absolute atomic E-state index is 4.53. The molecule has 0 bridgehead atoms. The highest BCUT2D eigenvalue weighted by molar-refractivity contribution is 5.23. The van der Waals surface area contributed by atoms with Crippen LogP contribution in [0.2, 0.25) is 0 Å². The quantitative estimate of drug-likeness (QED) is 0.875. The SMILES string of the molecule is CCNC(c1ccn(C)n1)C(C)c1ccccc1. The van der Waals surface area contributed by atoms with Crippen molar-refractivity contribution in [1.29, 1.82) is 0 Å². The Balaban J connectivity index is 2.25. The second kappa shape index (κ2) is 5.83. The van der Waals surface area contributed by atoms with Gasteiger partial charge in [-0.25, -0.2) is 0 Å². The predicted octanol–water partition coefficient (Wildman–Crippen LogP) is 2.87. The number of aromatic nitrogens is 2. The van der Waals surface area contributed by atoms with Crippen molar-refractivity contribution >= 4 is 0 Å². The fourth-order valence-electron chi connectivity index (χ4n) is 2.31. The average molecular weight is 243 g/mol. The molecule has 0 fully saturated rings. The van der Waals surface area contributed by atoms with Crippen LogP contribution in [0.25, 0.3) is 0 Å². The van der Waals surface area contributed by atoms with E-state index in [2.05, 4.69) is 60.7 Å². The van der Waals surface area contributed by atoms with Crippen LogP contribution in [0, 0.1) is 0 Å². The van der Waals surface area contributed by atoms with E-state index < -0.39 is 0 Å². The van der Waals surface area contributed by atoms with E-state index in [9.17, 15) is 0 Å². The van der Waals surface area contributed by atoms with Crippen LogP contribution >= 0.6 is 0 Å². The Hall–Kier alpha value is -1.61. The third-order valence-corrected chi connectivity index (χ3v) is 3.30. The minimum absolute atomic E-state index is 0.263. The fourth-order valence-corrected chi connectivity index (χ4v) is 2.31. The molecule has 3 nitrogen and oxygen atoms in total. The Morgan fingerprint density at radius 1 is 1.22 bits per heavy atom. The summed E-state index contributed by atoms with van der Waals surface area (Å²) in [5, 5.41) is 8.07. The van der Waals surface area contributed by atoms with Crippen LogP contribution in [-0.4, -0.2) is 16.3 Å². The van der Waals surface area contributed by atoms with Crippen LogP contribution in [0.15, 0.2) is 42.6 Å². The summed E-state index contributed by atoms with van der Waals surface area (Å²) in [7, 11) is 1.96. The van der Waals surface area contributed by atoms with Crippen molar-refractivity contribution in [2.45, 2.75) is 25.8 Å². The van der Waals surface area contributed by atoms with Crippen LogP contribution in [0.4, 0.5) is 0 Å². The van der Waals surface area contributed by atoms with Gasteiger partial charge >= 0.3 is 0 Å². The van der Waals surface area contributed by atoms with E-state index in [0.717, 1.165) is 12.2 Å². The Morgan fingerprint density at radius 3 is 2.50 bits per heavy atom. The first kappa shape index (κ1) is 12.8. The minimum Gasteiger partial charge on any atom is -0.308 e. The molecule has 96 valence electrons. The lowest BCUT2D eigenvalue weighted by atomic mass is 9.91. The molecule has 2 unspecified atom stereocenters. The van der Waals surface area contributed by atoms with Crippen molar-refractivity contribution in [2.24, 2.45) is 7.05 Å². The smallest absolute Gasteiger partial charge is 0.0799 e. The van der Waals surface area contributed by atoms with Crippen molar-refractivity contribution < 1.29 is 0 Å². The number of hydrogen-bond acceptors (Lipinski definition) is 2. The highest BCUT2D eigenvalue weighted by Crippen LogP contribution is 2.29. The first-order valence-electron chi connectivity index (χ1n) is 6.50. The summed E-state index contributed by atoms with van der Waals surface area (Å²) in [4.78, 5) is 0. The molecule has 0 radical (unpaired) electrons.